The second kappa shape index (κ2) is 5.04. The van der Waals surface area contributed by atoms with E-state index in [0.717, 1.165) is 5.56 Å². The molecule has 1 N–H and O–H groups in total. The highest BCUT2D eigenvalue weighted by Crippen LogP contribution is 2.13. The largest absolute Gasteiger partial charge is 0.345 e. The molecule has 1 amide bonds. The number of nitrogens with one attached hydrogen (secondary N) is 1. The summed E-state index contributed by atoms with van der Waals surface area (Å²) >= 11 is 0. The fourth-order valence-corrected chi connectivity index (χ4v) is 1.76. The molecule has 1 atom stereocenters. The van der Waals surface area contributed by atoms with Crippen LogP contribution in [0.2, 0.25) is 0 Å². The van der Waals surface area contributed by atoms with Gasteiger partial charge in [0.25, 0.3) is 5.91 Å². The van der Waals surface area contributed by atoms with Crippen molar-refractivity contribution in [2.24, 2.45) is 7.05 Å². The second-order valence-electron chi connectivity index (χ2n) is 4.51. The van der Waals surface area contributed by atoms with Crippen LogP contribution in [0.25, 0.3) is 0 Å². The Hall–Kier alpha value is -2.10. The summed E-state index contributed by atoms with van der Waals surface area (Å²) in [4.78, 5) is 11.9. The zero-order valence-electron chi connectivity index (χ0n) is 10.8. The van der Waals surface area contributed by atoms with Crippen LogP contribution in [-0.4, -0.2) is 15.7 Å². The minimum atomic E-state index is -0.101. The topological polar surface area (TPSA) is 46.9 Å². The lowest BCUT2D eigenvalue weighted by Crippen LogP contribution is -2.26. The van der Waals surface area contributed by atoms with Crippen LogP contribution < -0.4 is 5.32 Å². The monoisotopic (exact) mass is 243 g/mol. The maximum atomic E-state index is 11.9. The predicted octanol–water partition coefficient (Wildman–Crippen LogP) is 2.22. The van der Waals surface area contributed by atoms with Crippen LogP contribution in [-0.2, 0) is 7.05 Å². The van der Waals surface area contributed by atoms with Gasteiger partial charge in [0, 0.05) is 13.2 Å². The van der Waals surface area contributed by atoms with Gasteiger partial charge in [0.15, 0.2) is 0 Å². The molecular formula is C14H17N3O. The van der Waals surface area contributed by atoms with E-state index in [1.54, 1.807) is 24.1 Å². The molecule has 0 saturated carbocycles. The summed E-state index contributed by atoms with van der Waals surface area (Å²) in [6, 6.07) is 8.13. The molecule has 0 aliphatic heterocycles. The third-order valence-electron chi connectivity index (χ3n) is 2.89. The maximum absolute atomic E-state index is 11.9. The van der Waals surface area contributed by atoms with Crippen molar-refractivity contribution in [2.75, 3.05) is 0 Å². The third kappa shape index (κ3) is 2.77. The molecule has 4 heteroatoms. The maximum Gasteiger partial charge on any atom is 0.254 e. The summed E-state index contributed by atoms with van der Waals surface area (Å²) in [5.41, 5.74) is 2.89. The molecule has 1 heterocycles. The van der Waals surface area contributed by atoms with Crippen LogP contribution in [0.4, 0.5) is 0 Å². The molecular weight excluding hydrogens is 226 g/mol. The van der Waals surface area contributed by atoms with E-state index < -0.39 is 0 Å². The summed E-state index contributed by atoms with van der Waals surface area (Å²) in [6.07, 6.45) is 3.27. The number of nitrogens with zero attached hydrogens (tertiary/aromatic N) is 2. The first-order valence-corrected chi connectivity index (χ1v) is 5.92. The average molecular weight is 243 g/mol. The number of hydrogen-bond acceptors (Lipinski definition) is 2. The molecule has 0 aliphatic rings. The Morgan fingerprint density at radius 1 is 1.33 bits per heavy atom. The average Bonchev–Trinajstić information content (AvgIpc) is 2.76. The van der Waals surface area contributed by atoms with Crippen molar-refractivity contribution >= 4 is 5.91 Å². The van der Waals surface area contributed by atoms with E-state index in [9.17, 15) is 4.79 Å². The normalized spacial score (nSPS) is 12.2. The van der Waals surface area contributed by atoms with E-state index in [0.29, 0.717) is 5.56 Å². The first-order valence-electron chi connectivity index (χ1n) is 5.92. The molecule has 2 rings (SSSR count). The van der Waals surface area contributed by atoms with E-state index in [1.807, 2.05) is 38.1 Å². The van der Waals surface area contributed by atoms with Crippen LogP contribution >= 0.6 is 0 Å². The molecule has 0 radical (unpaired) electrons. The molecule has 2 aromatic rings. The number of rotatable bonds is 3. The third-order valence-corrected chi connectivity index (χ3v) is 2.89. The highest BCUT2D eigenvalue weighted by molar-refractivity contribution is 5.93. The minimum Gasteiger partial charge on any atom is -0.345 e. The van der Waals surface area contributed by atoms with Crippen LogP contribution in [0.1, 0.15) is 34.5 Å². The van der Waals surface area contributed by atoms with Gasteiger partial charge in [-0.15, -0.1) is 0 Å². The molecule has 1 aromatic heterocycles. The number of carbonyl (C=O) groups is 1. The van der Waals surface area contributed by atoms with Gasteiger partial charge in [0.05, 0.1) is 17.8 Å². The summed E-state index contributed by atoms with van der Waals surface area (Å²) in [5.74, 6) is -0.101. The van der Waals surface area contributed by atoms with Crippen LogP contribution in [0.15, 0.2) is 36.7 Å². The molecule has 94 valence electrons. The van der Waals surface area contributed by atoms with E-state index >= 15 is 0 Å². The SMILES string of the molecule is Cc1ccc([C@H](C)NC(=O)c2cnn(C)c2)cc1. The molecule has 0 aliphatic carbocycles. The van der Waals surface area contributed by atoms with Crippen molar-refractivity contribution in [3.05, 3.63) is 53.3 Å². The van der Waals surface area contributed by atoms with Gasteiger partial charge in [0.2, 0.25) is 0 Å². The summed E-state index contributed by atoms with van der Waals surface area (Å²) in [7, 11) is 1.79. The Kier molecular flexibility index (Phi) is 3.46. The summed E-state index contributed by atoms with van der Waals surface area (Å²) < 4.78 is 1.62. The zero-order chi connectivity index (χ0) is 13.1. The zero-order valence-corrected chi connectivity index (χ0v) is 10.8. The number of benzene rings is 1. The van der Waals surface area contributed by atoms with Gasteiger partial charge in [-0.3, -0.25) is 9.48 Å². The first-order chi connectivity index (χ1) is 8.56. The lowest BCUT2D eigenvalue weighted by molar-refractivity contribution is 0.0940. The highest BCUT2D eigenvalue weighted by atomic mass is 16.1. The Morgan fingerprint density at radius 3 is 2.56 bits per heavy atom. The number of carbonyl (C=O) groups excluding carboxylic acids is 1. The molecule has 0 spiro atoms. The van der Waals surface area contributed by atoms with E-state index in [4.69, 9.17) is 0 Å². The van der Waals surface area contributed by atoms with Gasteiger partial charge >= 0.3 is 0 Å². The molecule has 0 fully saturated rings. The Balaban J connectivity index is 2.05. The second-order valence-corrected chi connectivity index (χ2v) is 4.51. The number of hydrogen-bond donors (Lipinski definition) is 1. The standard InChI is InChI=1S/C14H17N3O/c1-10-4-6-12(7-5-10)11(2)16-14(18)13-8-15-17(3)9-13/h4-9,11H,1-3H3,(H,16,18)/t11-/m0/s1. The van der Waals surface area contributed by atoms with Crippen molar-refractivity contribution in [3.63, 3.8) is 0 Å². The molecule has 0 unspecified atom stereocenters. The fraction of sp³-hybridized carbons (Fsp3) is 0.286. The van der Waals surface area contributed by atoms with Gasteiger partial charge < -0.3 is 5.32 Å². The van der Waals surface area contributed by atoms with E-state index in [-0.39, 0.29) is 11.9 Å². The fourth-order valence-electron chi connectivity index (χ4n) is 1.76. The first kappa shape index (κ1) is 12.4. The van der Waals surface area contributed by atoms with Gasteiger partial charge in [0.1, 0.15) is 0 Å². The van der Waals surface area contributed by atoms with Gasteiger partial charge in [-0.25, -0.2) is 0 Å². The lowest BCUT2D eigenvalue weighted by Gasteiger charge is -2.13. The Morgan fingerprint density at radius 2 is 2.00 bits per heavy atom. The minimum absolute atomic E-state index is 0.0155. The van der Waals surface area contributed by atoms with E-state index in [2.05, 4.69) is 10.4 Å². The summed E-state index contributed by atoms with van der Waals surface area (Å²) in [6.45, 7) is 4.02. The van der Waals surface area contributed by atoms with Crippen molar-refractivity contribution in [1.29, 1.82) is 0 Å². The highest BCUT2D eigenvalue weighted by Gasteiger charge is 2.12. The van der Waals surface area contributed by atoms with Crippen LogP contribution in [0.5, 0.6) is 0 Å². The number of amides is 1. The number of aromatic nitrogens is 2. The molecule has 4 nitrogen and oxygen atoms in total. The van der Waals surface area contributed by atoms with Gasteiger partial charge in [-0.2, -0.15) is 5.10 Å². The molecule has 18 heavy (non-hydrogen) atoms. The smallest absolute Gasteiger partial charge is 0.254 e. The predicted molar refractivity (Wildman–Crippen MR) is 70.3 cm³/mol. The number of aryl methyl sites for hydroxylation is 2. The Bertz CT molecular complexity index is 542. The summed E-state index contributed by atoms with van der Waals surface area (Å²) in [5, 5.41) is 6.94. The van der Waals surface area contributed by atoms with E-state index in [1.165, 1.54) is 5.56 Å². The molecule has 0 saturated heterocycles. The van der Waals surface area contributed by atoms with Crippen LogP contribution in [0.3, 0.4) is 0 Å². The van der Waals surface area contributed by atoms with Gasteiger partial charge in [-0.1, -0.05) is 29.8 Å². The van der Waals surface area contributed by atoms with Crippen LogP contribution in [0, 0.1) is 6.92 Å². The van der Waals surface area contributed by atoms with Crippen molar-refractivity contribution < 1.29 is 4.79 Å². The quantitative estimate of drug-likeness (QED) is 0.898. The lowest BCUT2D eigenvalue weighted by atomic mass is 10.1. The van der Waals surface area contributed by atoms with Gasteiger partial charge in [-0.05, 0) is 19.4 Å². The van der Waals surface area contributed by atoms with Crippen molar-refractivity contribution in [3.8, 4) is 0 Å². The Labute approximate surface area is 107 Å². The van der Waals surface area contributed by atoms with Crippen molar-refractivity contribution in [1.82, 2.24) is 15.1 Å². The molecule has 0 bridgehead atoms. The van der Waals surface area contributed by atoms with Crippen molar-refractivity contribution in [2.45, 2.75) is 19.9 Å². The molecule has 1 aromatic carbocycles.